The maximum absolute atomic E-state index is 10.3. The fraction of sp³-hybridized carbons (Fsp3) is 0.538. The van der Waals surface area contributed by atoms with Gasteiger partial charge in [0.2, 0.25) is 0 Å². The van der Waals surface area contributed by atoms with Crippen LogP contribution in [-0.2, 0) is 5.54 Å². The molecular weight excluding hydrogens is 186 g/mol. The van der Waals surface area contributed by atoms with E-state index in [1.165, 1.54) is 0 Å². The molecule has 0 spiro atoms. The predicted molar refractivity (Wildman–Crippen MR) is 63.8 cm³/mol. The van der Waals surface area contributed by atoms with Crippen LogP contribution in [0.4, 0.5) is 0 Å². The lowest BCUT2D eigenvalue weighted by Gasteiger charge is -2.46. The van der Waals surface area contributed by atoms with Crippen LogP contribution in [0.15, 0.2) is 30.3 Å². The second-order valence-corrected chi connectivity index (χ2v) is 4.89. The van der Waals surface area contributed by atoms with E-state index >= 15 is 0 Å². The van der Waals surface area contributed by atoms with Gasteiger partial charge >= 0.3 is 0 Å². The number of rotatable bonds is 3. The minimum Gasteiger partial charge on any atom is -0.388 e. The van der Waals surface area contributed by atoms with Crippen molar-refractivity contribution < 1.29 is 5.11 Å². The van der Waals surface area contributed by atoms with Gasteiger partial charge in [-0.05, 0) is 40.4 Å². The Balaban J connectivity index is 3.26. The third kappa shape index (κ3) is 2.06. The fourth-order valence-corrected chi connectivity index (χ4v) is 1.92. The molecule has 1 atom stereocenters. The van der Waals surface area contributed by atoms with Crippen LogP contribution in [0.1, 0.15) is 26.3 Å². The first-order chi connectivity index (χ1) is 6.80. The van der Waals surface area contributed by atoms with Crippen LogP contribution < -0.4 is 0 Å². The molecule has 1 aromatic rings. The van der Waals surface area contributed by atoms with Crippen LogP contribution >= 0.6 is 0 Å². The summed E-state index contributed by atoms with van der Waals surface area (Å²) in [6.07, 6.45) is 0. The number of likely N-dealkylation sites (N-methyl/N-ethyl adjacent to an activating group) is 1. The van der Waals surface area contributed by atoms with E-state index in [4.69, 9.17) is 0 Å². The molecule has 0 saturated carbocycles. The van der Waals surface area contributed by atoms with Gasteiger partial charge in [0, 0.05) is 0 Å². The Bertz CT molecular complexity index is 313. The second-order valence-electron chi connectivity index (χ2n) is 4.89. The van der Waals surface area contributed by atoms with Crippen molar-refractivity contribution in [1.29, 1.82) is 0 Å². The van der Waals surface area contributed by atoms with E-state index in [9.17, 15) is 5.11 Å². The third-order valence-corrected chi connectivity index (χ3v) is 3.42. The Labute approximate surface area is 92.5 Å². The number of hydrogen-bond donors (Lipinski definition) is 1. The summed E-state index contributed by atoms with van der Waals surface area (Å²) in [6.45, 7) is 5.75. The number of hydrogen-bond acceptors (Lipinski definition) is 2. The summed E-state index contributed by atoms with van der Waals surface area (Å²) < 4.78 is 0. The minimum absolute atomic E-state index is 0.381. The first-order valence-corrected chi connectivity index (χ1v) is 5.25. The molecule has 0 aromatic heterocycles. The number of nitrogens with zero attached hydrogens (tertiary/aromatic N) is 1. The Hall–Kier alpha value is -0.860. The summed E-state index contributed by atoms with van der Waals surface area (Å²) in [5, 5.41) is 10.3. The molecule has 0 aliphatic rings. The zero-order valence-corrected chi connectivity index (χ0v) is 10.3. The van der Waals surface area contributed by atoms with Gasteiger partial charge in [-0.2, -0.15) is 0 Å². The standard InChI is InChI=1S/C13H21NO/c1-12(2,15)13(3,14(4)5)11-9-7-6-8-10-11/h6-10,15H,1-5H3/t13-/m1/s1. The van der Waals surface area contributed by atoms with Crippen LogP contribution in [0.25, 0.3) is 0 Å². The van der Waals surface area contributed by atoms with E-state index < -0.39 is 5.60 Å². The zero-order valence-electron chi connectivity index (χ0n) is 10.3. The molecule has 84 valence electrons. The van der Waals surface area contributed by atoms with Crippen molar-refractivity contribution >= 4 is 0 Å². The fourth-order valence-electron chi connectivity index (χ4n) is 1.92. The molecule has 2 nitrogen and oxygen atoms in total. The summed E-state index contributed by atoms with van der Waals surface area (Å²) in [6, 6.07) is 10.1. The Morgan fingerprint density at radius 1 is 1.00 bits per heavy atom. The number of benzene rings is 1. The zero-order chi connectivity index (χ0) is 11.7. The molecule has 0 amide bonds. The molecule has 0 heterocycles. The van der Waals surface area contributed by atoms with Crippen LogP contribution in [-0.4, -0.2) is 29.7 Å². The molecule has 0 aliphatic heterocycles. The molecule has 0 saturated heterocycles. The molecule has 2 heteroatoms. The van der Waals surface area contributed by atoms with E-state index in [1.807, 2.05) is 46.1 Å². The van der Waals surface area contributed by atoms with Crippen molar-refractivity contribution in [2.24, 2.45) is 0 Å². The molecule has 1 aromatic carbocycles. The van der Waals surface area contributed by atoms with Gasteiger partial charge < -0.3 is 5.11 Å². The van der Waals surface area contributed by atoms with Crippen molar-refractivity contribution in [3.8, 4) is 0 Å². The van der Waals surface area contributed by atoms with Crippen LogP contribution in [0.3, 0.4) is 0 Å². The molecule has 0 radical (unpaired) electrons. The SMILES string of the molecule is CN(C)[C@](C)(c1ccccc1)C(C)(C)O. The molecule has 0 fully saturated rings. The van der Waals surface area contributed by atoms with Gasteiger partial charge in [0.15, 0.2) is 0 Å². The van der Waals surface area contributed by atoms with E-state index in [-0.39, 0.29) is 5.54 Å². The average molecular weight is 207 g/mol. The highest BCUT2D eigenvalue weighted by Crippen LogP contribution is 2.36. The molecule has 1 N–H and O–H groups in total. The van der Waals surface area contributed by atoms with Gasteiger partial charge in [-0.15, -0.1) is 0 Å². The predicted octanol–water partition coefficient (Wildman–Crippen LogP) is 2.23. The highest BCUT2D eigenvalue weighted by atomic mass is 16.3. The van der Waals surface area contributed by atoms with Gasteiger partial charge in [0.25, 0.3) is 0 Å². The molecule has 0 bridgehead atoms. The van der Waals surface area contributed by atoms with Crippen molar-refractivity contribution in [3.05, 3.63) is 35.9 Å². The van der Waals surface area contributed by atoms with Gasteiger partial charge in [0.1, 0.15) is 0 Å². The molecule has 15 heavy (non-hydrogen) atoms. The van der Waals surface area contributed by atoms with Crippen molar-refractivity contribution in [3.63, 3.8) is 0 Å². The molecule has 1 rings (SSSR count). The summed E-state index contributed by atoms with van der Waals surface area (Å²) in [7, 11) is 3.98. The van der Waals surface area contributed by atoms with Crippen LogP contribution in [0, 0.1) is 0 Å². The van der Waals surface area contributed by atoms with Gasteiger partial charge in [-0.1, -0.05) is 30.3 Å². The van der Waals surface area contributed by atoms with E-state index in [0.717, 1.165) is 5.56 Å². The summed E-state index contributed by atoms with van der Waals surface area (Å²) in [5.74, 6) is 0. The molecule has 0 aliphatic carbocycles. The normalized spacial score (nSPS) is 16.5. The maximum Gasteiger partial charge on any atom is 0.0813 e. The lowest BCUT2D eigenvalue weighted by molar-refractivity contribution is -0.0681. The van der Waals surface area contributed by atoms with Gasteiger partial charge in [-0.25, -0.2) is 0 Å². The Kier molecular flexibility index (Phi) is 3.22. The lowest BCUT2D eigenvalue weighted by Crippen LogP contribution is -2.54. The monoisotopic (exact) mass is 207 g/mol. The van der Waals surface area contributed by atoms with Crippen molar-refractivity contribution in [1.82, 2.24) is 4.90 Å². The third-order valence-electron chi connectivity index (χ3n) is 3.42. The van der Waals surface area contributed by atoms with E-state index in [1.54, 1.807) is 0 Å². The highest BCUT2D eigenvalue weighted by Gasteiger charge is 2.42. The van der Waals surface area contributed by atoms with Crippen molar-refractivity contribution in [2.75, 3.05) is 14.1 Å². The highest BCUT2D eigenvalue weighted by molar-refractivity contribution is 5.27. The van der Waals surface area contributed by atoms with E-state index in [2.05, 4.69) is 24.0 Å². The Morgan fingerprint density at radius 3 is 1.80 bits per heavy atom. The summed E-state index contributed by atoms with van der Waals surface area (Å²) in [5.41, 5.74) is -0.0472. The summed E-state index contributed by atoms with van der Waals surface area (Å²) >= 11 is 0. The topological polar surface area (TPSA) is 23.5 Å². The van der Waals surface area contributed by atoms with Crippen molar-refractivity contribution in [2.45, 2.75) is 31.9 Å². The van der Waals surface area contributed by atoms with Crippen LogP contribution in [0.5, 0.6) is 0 Å². The largest absolute Gasteiger partial charge is 0.388 e. The molecular formula is C13H21NO. The maximum atomic E-state index is 10.3. The van der Waals surface area contributed by atoms with Gasteiger partial charge in [-0.3, -0.25) is 4.90 Å². The molecule has 0 unspecified atom stereocenters. The van der Waals surface area contributed by atoms with E-state index in [0.29, 0.717) is 0 Å². The average Bonchev–Trinajstić information content (AvgIpc) is 2.16. The minimum atomic E-state index is -0.794. The number of aliphatic hydroxyl groups is 1. The Morgan fingerprint density at radius 2 is 1.47 bits per heavy atom. The second kappa shape index (κ2) is 3.95. The van der Waals surface area contributed by atoms with Gasteiger partial charge in [0.05, 0.1) is 11.1 Å². The lowest BCUT2D eigenvalue weighted by atomic mass is 9.77. The van der Waals surface area contributed by atoms with Crippen LogP contribution in [0.2, 0.25) is 0 Å². The summed E-state index contributed by atoms with van der Waals surface area (Å²) in [4.78, 5) is 2.06. The smallest absolute Gasteiger partial charge is 0.0813 e. The quantitative estimate of drug-likeness (QED) is 0.821. The first-order valence-electron chi connectivity index (χ1n) is 5.25. The first kappa shape index (κ1) is 12.2.